The monoisotopic (exact) mass is 265 g/mol. The number of hydrogen-bond acceptors (Lipinski definition) is 2. The van der Waals surface area contributed by atoms with Crippen LogP contribution in [-0.2, 0) is 6.42 Å². The van der Waals surface area contributed by atoms with Crippen molar-refractivity contribution in [2.75, 3.05) is 13.7 Å². The summed E-state index contributed by atoms with van der Waals surface area (Å²) in [5.74, 6) is 0.0561. The fourth-order valence-electron chi connectivity index (χ4n) is 3.33. The first-order valence-corrected chi connectivity index (χ1v) is 7.22. The minimum atomic E-state index is -0.265. The second-order valence-electron chi connectivity index (χ2n) is 5.71. The number of halogens is 1. The highest BCUT2D eigenvalue weighted by Crippen LogP contribution is 2.44. The molecule has 2 rings (SSSR count). The minimum Gasteiger partial charge on any atom is -0.494 e. The zero-order valence-electron chi connectivity index (χ0n) is 11.8. The minimum absolute atomic E-state index is 0.265. The molecule has 0 unspecified atom stereocenters. The Morgan fingerprint density at radius 1 is 1.26 bits per heavy atom. The van der Waals surface area contributed by atoms with Crippen LogP contribution in [0.15, 0.2) is 18.2 Å². The molecule has 0 aliphatic heterocycles. The molecule has 0 heterocycles. The third-order valence-corrected chi connectivity index (χ3v) is 4.50. The van der Waals surface area contributed by atoms with Crippen molar-refractivity contribution in [3.63, 3.8) is 0 Å². The molecule has 0 radical (unpaired) electrons. The first-order valence-electron chi connectivity index (χ1n) is 7.22. The number of methoxy groups -OCH3 is 1. The molecule has 0 spiro atoms. The molecule has 1 aliphatic carbocycles. The summed E-state index contributed by atoms with van der Waals surface area (Å²) in [4.78, 5) is 0. The van der Waals surface area contributed by atoms with E-state index in [1.807, 2.05) is 6.07 Å². The summed E-state index contributed by atoms with van der Waals surface area (Å²) < 4.78 is 18.6. The normalized spacial score (nSPS) is 17.6. The molecule has 0 saturated heterocycles. The largest absolute Gasteiger partial charge is 0.494 e. The number of aryl methyl sites for hydroxylation is 1. The van der Waals surface area contributed by atoms with E-state index < -0.39 is 0 Å². The third kappa shape index (κ3) is 3.47. The lowest BCUT2D eigenvalue weighted by Gasteiger charge is -2.28. The summed E-state index contributed by atoms with van der Waals surface area (Å²) in [6.45, 7) is 0.761. The maximum Gasteiger partial charge on any atom is 0.165 e. The average molecular weight is 265 g/mol. The molecule has 2 N–H and O–H groups in total. The average Bonchev–Trinajstić information content (AvgIpc) is 2.86. The lowest BCUT2D eigenvalue weighted by atomic mass is 9.77. The van der Waals surface area contributed by atoms with Crippen LogP contribution in [0.5, 0.6) is 5.75 Å². The highest BCUT2D eigenvalue weighted by molar-refractivity contribution is 5.29. The van der Waals surface area contributed by atoms with Crippen LogP contribution in [-0.4, -0.2) is 13.7 Å². The fraction of sp³-hybridized carbons (Fsp3) is 0.625. The molecular formula is C16H24FNO. The van der Waals surface area contributed by atoms with Crippen molar-refractivity contribution in [1.29, 1.82) is 0 Å². The Balaban J connectivity index is 1.99. The highest BCUT2D eigenvalue weighted by Gasteiger charge is 2.32. The molecule has 3 heteroatoms. The van der Waals surface area contributed by atoms with E-state index in [4.69, 9.17) is 10.5 Å². The number of ether oxygens (including phenoxy) is 1. The molecule has 1 saturated carbocycles. The van der Waals surface area contributed by atoms with Gasteiger partial charge in [0, 0.05) is 0 Å². The SMILES string of the molecule is COc1ccc(CCC2(CCN)CCCC2)cc1F. The highest BCUT2D eigenvalue weighted by atomic mass is 19.1. The summed E-state index contributed by atoms with van der Waals surface area (Å²) in [6.07, 6.45) is 8.35. The summed E-state index contributed by atoms with van der Waals surface area (Å²) in [6, 6.07) is 5.28. The van der Waals surface area contributed by atoms with E-state index in [1.165, 1.54) is 32.8 Å². The van der Waals surface area contributed by atoms with Gasteiger partial charge < -0.3 is 10.5 Å². The van der Waals surface area contributed by atoms with Gasteiger partial charge in [-0.3, -0.25) is 0 Å². The van der Waals surface area contributed by atoms with Crippen LogP contribution >= 0.6 is 0 Å². The maximum absolute atomic E-state index is 13.6. The Labute approximate surface area is 115 Å². The van der Waals surface area contributed by atoms with Crippen molar-refractivity contribution >= 4 is 0 Å². The smallest absolute Gasteiger partial charge is 0.165 e. The Bertz CT molecular complexity index is 413. The van der Waals surface area contributed by atoms with Gasteiger partial charge >= 0.3 is 0 Å². The molecule has 1 aromatic rings. The van der Waals surface area contributed by atoms with Crippen LogP contribution in [0.4, 0.5) is 4.39 Å². The van der Waals surface area contributed by atoms with E-state index in [1.54, 1.807) is 12.1 Å². The van der Waals surface area contributed by atoms with Crippen molar-refractivity contribution in [2.45, 2.75) is 44.9 Å². The molecule has 106 valence electrons. The number of rotatable bonds is 6. The van der Waals surface area contributed by atoms with Crippen LogP contribution in [0.1, 0.15) is 44.1 Å². The molecular weight excluding hydrogens is 241 g/mol. The van der Waals surface area contributed by atoms with Crippen LogP contribution in [0.25, 0.3) is 0 Å². The molecule has 0 bridgehead atoms. The lowest BCUT2D eigenvalue weighted by Crippen LogP contribution is -2.21. The topological polar surface area (TPSA) is 35.2 Å². The predicted molar refractivity (Wildman–Crippen MR) is 75.8 cm³/mol. The van der Waals surface area contributed by atoms with Gasteiger partial charge in [0.2, 0.25) is 0 Å². The quantitative estimate of drug-likeness (QED) is 0.851. The van der Waals surface area contributed by atoms with Gasteiger partial charge in [0.15, 0.2) is 11.6 Å². The van der Waals surface area contributed by atoms with Gasteiger partial charge in [0.05, 0.1) is 7.11 Å². The summed E-state index contributed by atoms with van der Waals surface area (Å²) >= 11 is 0. The van der Waals surface area contributed by atoms with Crippen LogP contribution < -0.4 is 10.5 Å². The van der Waals surface area contributed by atoms with E-state index in [0.29, 0.717) is 11.2 Å². The van der Waals surface area contributed by atoms with Crippen molar-refractivity contribution < 1.29 is 9.13 Å². The van der Waals surface area contributed by atoms with Crippen LogP contribution in [0.2, 0.25) is 0 Å². The van der Waals surface area contributed by atoms with Crippen molar-refractivity contribution in [2.24, 2.45) is 11.1 Å². The van der Waals surface area contributed by atoms with Gasteiger partial charge in [-0.1, -0.05) is 18.9 Å². The van der Waals surface area contributed by atoms with Crippen molar-refractivity contribution in [1.82, 2.24) is 0 Å². The standard InChI is InChI=1S/C16H24FNO/c1-19-15-5-4-13(12-14(15)17)6-9-16(10-11-18)7-2-3-8-16/h4-5,12H,2-3,6-11,18H2,1H3. The van der Waals surface area contributed by atoms with E-state index in [2.05, 4.69) is 0 Å². The molecule has 1 fully saturated rings. The van der Waals surface area contributed by atoms with Gasteiger partial charge in [-0.2, -0.15) is 0 Å². The van der Waals surface area contributed by atoms with E-state index in [-0.39, 0.29) is 5.82 Å². The predicted octanol–water partition coefficient (Wildman–Crippen LogP) is 3.68. The second-order valence-corrected chi connectivity index (χ2v) is 5.71. The zero-order chi connectivity index (χ0) is 13.7. The number of benzene rings is 1. The van der Waals surface area contributed by atoms with E-state index in [9.17, 15) is 4.39 Å². The summed E-state index contributed by atoms with van der Waals surface area (Å²) in [7, 11) is 1.49. The van der Waals surface area contributed by atoms with Crippen LogP contribution in [0, 0.1) is 11.2 Å². The van der Waals surface area contributed by atoms with Gasteiger partial charge in [-0.15, -0.1) is 0 Å². The van der Waals surface area contributed by atoms with Crippen molar-refractivity contribution in [3.8, 4) is 5.75 Å². The second kappa shape index (κ2) is 6.38. The Hall–Kier alpha value is -1.09. The third-order valence-electron chi connectivity index (χ3n) is 4.50. The molecule has 1 aliphatic rings. The van der Waals surface area contributed by atoms with Gasteiger partial charge in [0.1, 0.15) is 0 Å². The summed E-state index contributed by atoms with van der Waals surface area (Å²) in [5, 5.41) is 0. The Morgan fingerprint density at radius 3 is 2.58 bits per heavy atom. The van der Waals surface area contributed by atoms with Gasteiger partial charge in [0.25, 0.3) is 0 Å². The zero-order valence-corrected chi connectivity index (χ0v) is 11.8. The maximum atomic E-state index is 13.6. The first-order chi connectivity index (χ1) is 9.19. The van der Waals surface area contributed by atoms with Gasteiger partial charge in [-0.25, -0.2) is 4.39 Å². The van der Waals surface area contributed by atoms with Gasteiger partial charge in [-0.05, 0) is 61.8 Å². The number of nitrogens with two attached hydrogens (primary N) is 1. The molecule has 0 aromatic heterocycles. The Morgan fingerprint density at radius 2 is 2.00 bits per heavy atom. The summed E-state index contributed by atoms with van der Waals surface area (Å²) in [5.41, 5.74) is 7.21. The van der Waals surface area contributed by atoms with Crippen LogP contribution in [0.3, 0.4) is 0 Å². The molecule has 2 nitrogen and oxygen atoms in total. The Kier molecular flexibility index (Phi) is 4.81. The molecule has 1 aromatic carbocycles. The van der Waals surface area contributed by atoms with E-state index in [0.717, 1.165) is 31.4 Å². The van der Waals surface area contributed by atoms with Crippen molar-refractivity contribution in [3.05, 3.63) is 29.6 Å². The first kappa shape index (κ1) is 14.3. The lowest BCUT2D eigenvalue weighted by molar-refractivity contribution is 0.253. The molecule has 0 atom stereocenters. The molecule has 0 amide bonds. The molecule has 19 heavy (non-hydrogen) atoms. The number of hydrogen-bond donors (Lipinski definition) is 1. The fourth-order valence-corrected chi connectivity index (χ4v) is 3.33. The van der Waals surface area contributed by atoms with E-state index >= 15 is 0 Å².